The molecule has 0 aliphatic heterocycles. The van der Waals surface area contributed by atoms with Gasteiger partial charge in [0.25, 0.3) is 5.91 Å². The summed E-state index contributed by atoms with van der Waals surface area (Å²) >= 11 is 0. The quantitative estimate of drug-likeness (QED) is 0.563. The van der Waals surface area contributed by atoms with Crippen LogP contribution in [0.4, 0.5) is 0 Å². The van der Waals surface area contributed by atoms with E-state index < -0.39 is 0 Å². The van der Waals surface area contributed by atoms with Crippen LogP contribution in [0.15, 0.2) is 48.9 Å². The third-order valence-electron chi connectivity index (χ3n) is 4.41. The Labute approximate surface area is 165 Å². The second-order valence-electron chi connectivity index (χ2n) is 6.67. The molecule has 7 nitrogen and oxygen atoms in total. The maximum Gasteiger partial charge on any atom is 0.255 e. The number of hydrogen-bond donors (Lipinski definition) is 0. The lowest BCUT2D eigenvalue weighted by Gasteiger charge is -2.23. The van der Waals surface area contributed by atoms with Gasteiger partial charge in [-0.2, -0.15) is 5.10 Å². The van der Waals surface area contributed by atoms with E-state index in [1.807, 2.05) is 43.0 Å². The molecule has 3 aromatic heterocycles. The van der Waals surface area contributed by atoms with Gasteiger partial charge >= 0.3 is 0 Å². The minimum absolute atomic E-state index is 0.0552. The van der Waals surface area contributed by atoms with Gasteiger partial charge in [0.05, 0.1) is 11.3 Å². The molecule has 3 heterocycles. The number of pyridine rings is 2. The van der Waals surface area contributed by atoms with Gasteiger partial charge in [0, 0.05) is 51.1 Å². The van der Waals surface area contributed by atoms with Gasteiger partial charge < -0.3 is 9.64 Å². The molecule has 0 bridgehead atoms. The van der Waals surface area contributed by atoms with Crippen molar-refractivity contribution in [2.75, 3.05) is 20.3 Å². The van der Waals surface area contributed by atoms with E-state index in [-0.39, 0.29) is 5.91 Å². The van der Waals surface area contributed by atoms with E-state index in [1.165, 1.54) is 0 Å². The third kappa shape index (κ3) is 4.80. The summed E-state index contributed by atoms with van der Waals surface area (Å²) in [7, 11) is 1.66. The highest BCUT2D eigenvalue weighted by atomic mass is 16.5. The number of hydrogen-bond acceptors (Lipinski definition) is 5. The summed E-state index contributed by atoms with van der Waals surface area (Å²) in [6, 6.07) is 9.46. The molecular weight excluding hydrogens is 354 g/mol. The molecule has 0 spiro atoms. The first-order chi connectivity index (χ1) is 13.6. The van der Waals surface area contributed by atoms with Crippen molar-refractivity contribution in [3.63, 3.8) is 0 Å². The number of methoxy groups -OCH3 is 1. The van der Waals surface area contributed by atoms with Crippen molar-refractivity contribution < 1.29 is 9.53 Å². The zero-order valence-corrected chi connectivity index (χ0v) is 16.5. The maximum atomic E-state index is 13.1. The van der Waals surface area contributed by atoms with Gasteiger partial charge in [0.2, 0.25) is 0 Å². The SMILES string of the molecule is COCCCN(Cc1ccncc1)C(=O)c1ccc(-n2nc(C)cc2C)nc1. The molecular formula is C21H25N5O2. The molecule has 0 N–H and O–H groups in total. The van der Waals surface area contributed by atoms with Crippen molar-refractivity contribution in [1.82, 2.24) is 24.6 Å². The van der Waals surface area contributed by atoms with Gasteiger partial charge in [-0.25, -0.2) is 9.67 Å². The Morgan fingerprint density at radius 2 is 1.96 bits per heavy atom. The average molecular weight is 379 g/mol. The van der Waals surface area contributed by atoms with Crippen LogP contribution >= 0.6 is 0 Å². The molecule has 0 atom stereocenters. The first-order valence-corrected chi connectivity index (χ1v) is 9.25. The largest absolute Gasteiger partial charge is 0.385 e. The van der Waals surface area contributed by atoms with Gasteiger partial charge in [-0.3, -0.25) is 9.78 Å². The highest BCUT2D eigenvalue weighted by molar-refractivity contribution is 5.94. The molecule has 7 heteroatoms. The van der Waals surface area contributed by atoms with E-state index >= 15 is 0 Å². The molecule has 1 amide bonds. The van der Waals surface area contributed by atoms with Crippen LogP contribution in [0.25, 0.3) is 5.82 Å². The minimum atomic E-state index is -0.0552. The van der Waals surface area contributed by atoms with Crippen molar-refractivity contribution in [3.8, 4) is 5.82 Å². The number of rotatable bonds is 8. The Kier molecular flexibility index (Phi) is 6.49. The van der Waals surface area contributed by atoms with Crippen LogP contribution in [0.2, 0.25) is 0 Å². The van der Waals surface area contributed by atoms with Crippen LogP contribution in [-0.4, -0.2) is 50.8 Å². The third-order valence-corrected chi connectivity index (χ3v) is 4.41. The molecule has 0 saturated heterocycles. The van der Waals surface area contributed by atoms with Crippen molar-refractivity contribution in [2.24, 2.45) is 0 Å². The van der Waals surface area contributed by atoms with Crippen molar-refractivity contribution in [2.45, 2.75) is 26.8 Å². The molecule has 3 rings (SSSR count). The second kappa shape index (κ2) is 9.23. The van der Waals surface area contributed by atoms with Gasteiger partial charge in [-0.05, 0) is 56.2 Å². The van der Waals surface area contributed by atoms with Gasteiger partial charge in [-0.15, -0.1) is 0 Å². The van der Waals surface area contributed by atoms with Crippen LogP contribution in [0.5, 0.6) is 0 Å². The Morgan fingerprint density at radius 1 is 1.18 bits per heavy atom. The summed E-state index contributed by atoms with van der Waals surface area (Å²) in [5, 5.41) is 4.43. The lowest BCUT2D eigenvalue weighted by atomic mass is 10.2. The number of aryl methyl sites for hydroxylation is 2. The van der Waals surface area contributed by atoms with E-state index in [0.29, 0.717) is 31.1 Å². The van der Waals surface area contributed by atoms with E-state index in [1.54, 1.807) is 36.4 Å². The van der Waals surface area contributed by atoms with E-state index in [4.69, 9.17) is 4.74 Å². The molecule has 0 aliphatic rings. The fraction of sp³-hybridized carbons (Fsp3) is 0.333. The lowest BCUT2D eigenvalue weighted by Crippen LogP contribution is -2.32. The normalized spacial score (nSPS) is 10.8. The molecule has 0 aliphatic carbocycles. The van der Waals surface area contributed by atoms with E-state index in [9.17, 15) is 4.79 Å². The molecule has 146 valence electrons. The number of carbonyl (C=O) groups is 1. The fourth-order valence-corrected chi connectivity index (χ4v) is 3.04. The summed E-state index contributed by atoms with van der Waals surface area (Å²) in [6.45, 7) is 5.65. The standard InChI is InChI=1S/C21H25N5O2/c1-16-13-17(2)26(24-16)20-6-5-19(14-23-20)21(27)25(11-4-12-28-3)15-18-7-9-22-10-8-18/h5-10,13-14H,4,11-12,15H2,1-3H3. The first kappa shape index (κ1) is 19.7. The number of carbonyl (C=O) groups excluding carboxylic acids is 1. The van der Waals surface area contributed by atoms with Crippen LogP contribution in [-0.2, 0) is 11.3 Å². The summed E-state index contributed by atoms with van der Waals surface area (Å²) in [6.07, 6.45) is 5.85. The zero-order valence-electron chi connectivity index (χ0n) is 16.5. The summed E-state index contributed by atoms with van der Waals surface area (Å²) in [4.78, 5) is 23.4. The highest BCUT2D eigenvalue weighted by Gasteiger charge is 2.17. The Morgan fingerprint density at radius 3 is 2.57 bits per heavy atom. The smallest absolute Gasteiger partial charge is 0.255 e. The van der Waals surface area contributed by atoms with Crippen molar-refractivity contribution >= 4 is 5.91 Å². The lowest BCUT2D eigenvalue weighted by molar-refractivity contribution is 0.0723. The predicted octanol–water partition coefficient (Wildman–Crippen LogP) is 2.96. The predicted molar refractivity (Wildman–Crippen MR) is 106 cm³/mol. The van der Waals surface area contributed by atoms with Crippen LogP contribution in [0, 0.1) is 13.8 Å². The minimum Gasteiger partial charge on any atom is -0.385 e. The fourth-order valence-electron chi connectivity index (χ4n) is 3.04. The van der Waals surface area contributed by atoms with Crippen molar-refractivity contribution in [1.29, 1.82) is 0 Å². The average Bonchev–Trinajstić information content (AvgIpc) is 3.06. The molecule has 3 aromatic rings. The van der Waals surface area contributed by atoms with Crippen LogP contribution < -0.4 is 0 Å². The molecule has 0 unspecified atom stereocenters. The van der Waals surface area contributed by atoms with Gasteiger partial charge in [0.1, 0.15) is 0 Å². The Hall–Kier alpha value is -3.06. The van der Waals surface area contributed by atoms with E-state index in [2.05, 4.69) is 15.1 Å². The van der Waals surface area contributed by atoms with Crippen molar-refractivity contribution in [3.05, 3.63) is 71.4 Å². The highest BCUT2D eigenvalue weighted by Crippen LogP contribution is 2.13. The molecule has 28 heavy (non-hydrogen) atoms. The van der Waals surface area contributed by atoms with Crippen LogP contribution in [0.1, 0.15) is 33.7 Å². The summed E-state index contributed by atoms with van der Waals surface area (Å²) in [5.74, 6) is 0.641. The summed E-state index contributed by atoms with van der Waals surface area (Å²) in [5.41, 5.74) is 3.52. The molecule has 0 saturated carbocycles. The number of aromatic nitrogens is 4. The number of nitrogens with zero attached hydrogens (tertiary/aromatic N) is 5. The van der Waals surface area contributed by atoms with Gasteiger partial charge in [-0.1, -0.05) is 0 Å². The second-order valence-corrected chi connectivity index (χ2v) is 6.67. The zero-order chi connectivity index (χ0) is 19.9. The Bertz CT molecular complexity index is 906. The molecule has 0 radical (unpaired) electrons. The molecule has 0 fully saturated rings. The molecule has 0 aromatic carbocycles. The number of ether oxygens (including phenoxy) is 1. The van der Waals surface area contributed by atoms with Gasteiger partial charge in [0.15, 0.2) is 5.82 Å². The van der Waals surface area contributed by atoms with E-state index in [0.717, 1.165) is 23.4 Å². The maximum absolute atomic E-state index is 13.1. The summed E-state index contributed by atoms with van der Waals surface area (Å²) < 4.78 is 6.91. The Balaban J connectivity index is 1.78. The first-order valence-electron chi connectivity index (χ1n) is 9.25. The number of amides is 1. The monoisotopic (exact) mass is 379 g/mol. The van der Waals surface area contributed by atoms with Crippen LogP contribution in [0.3, 0.4) is 0 Å². The topological polar surface area (TPSA) is 73.1 Å².